The fourth-order valence-electron chi connectivity index (χ4n) is 2.01. The minimum Gasteiger partial charge on any atom is -0.493 e. The van der Waals surface area contributed by atoms with Crippen LogP contribution in [0.3, 0.4) is 0 Å². The lowest BCUT2D eigenvalue weighted by atomic mass is 10.1. The predicted octanol–water partition coefficient (Wildman–Crippen LogP) is 2.17. The molecule has 0 saturated heterocycles. The number of rotatable bonds is 3. The van der Waals surface area contributed by atoms with E-state index < -0.39 is 0 Å². The van der Waals surface area contributed by atoms with Crippen LogP contribution in [0.5, 0.6) is 5.75 Å². The predicted molar refractivity (Wildman–Crippen MR) is 74.4 cm³/mol. The number of hydrogen-bond acceptors (Lipinski definition) is 5. The van der Waals surface area contributed by atoms with Crippen molar-refractivity contribution in [1.29, 1.82) is 0 Å². The Morgan fingerprint density at radius 1 is 1.53 bits per heavy atom. The Hall–Kier alpha value is -1.47. The van der Waals surface area contributed by atoms with Crippen LogP contribution in [-0.2, 0) is 13.0 Å². The molecule has 0 spiro atoms. The molecule has 0 aliphatic carbocycles. The molecule has 1 aromatic carbocycles. The van der Waals surface area contributed by atoms with Crippen LogP contribution in [-0.4, -0.2) is 22.1 Å². The Labute approximate surface area is 122 Å². The first-order valence-corrected chi connectivity index (χ1v) is 7.30. The molecule has 1 amide bonds. The van der Waals surface area contributed by atoms with Crippen molar-refractivity contribution in [2.75, 3.05) is 6.61 Å². The van der Waals surface area contributed by atoms with Gasteiger partial charge in [0.25, 0.3) is 5.91 Å². The van der Waals surface area contributed by atoms with Crippen molar-refractivity contribution in [2.45, 2.75) is 13.0 Å². The zero-order valence-electron chi connectivity index (χ0n) is 9.85. The minimum absolute atomic E-state index is 0.165. The fraction of sp³-hybridized carbons (Fsp3) is 0.250. The van der Waals surface area contributed by atoms with Gasteiger partial charge in [0.05, 0.1) is 12.8 Å². The summed E-state index contributed by atoms with van der Waals surface area (Å²) in [7, 11) is 0. The van der Waals surface area contributed by atoms with Gasteiger partial charge in [-0.3, -0.25) is 4.79 Å². The summed E-state index contributed by atoms with van der Waals surface area (Å²) in [6.07, 6.45) is 2.37. The van der Waals surface area contributed by atoms with Crippen LogP contribution in [0.2, 0.25) is 0 Å². The third-order valence-electron chi connectivity index (χ3n) is 2.85. The second-order valence-corrected chi connectivity index (χ2v) is 5.82. The molecule has 0 saturated carbocycles. The molecule has 1 aliphatic heterocycles. The number of ether oxygens (including phenoxy) is 1. The zero-order chi connectivity index (χ0) is 13.2. The van der Waals surface area contributed by atoms with E-state index in [-0.39, 0.29) is 5.91 Å². The number of fused-ring (bicyclic) bond motifs is 1. The van der Waals surface area contributed by atoms with Crippen molar-refractivity contribution in [1.82, 2.24) is 14.9 Å². The van der Waals surface area contributed by atoms with Crippen LogP contribution in [0.4, 0.5) is 0 Å². The molecule has 3 rings (SSSR count). The van der Waals surface area contributed by atoms with Gasteiger partial charge in [-0.2, -0.15) is 0 Å². The van der Waals surface area contributed by atoms with Crippen LogP contribution in [0, 0.1) is 0 Å². The second kappa shape index (κ2) is 5.26. The molecule has 98 valence electrons. The van der Waals surface area contributed by atoms with Gasteiger partial charge in [-0.1, -0.05) is 20.4 Å². The summed E-state index contributed by atoms with van der Waals surface area (Å²) >= 11 is 4.56. The van der Waals surface area contributed by atoms with E-state index in [2.05, 4.69) is 36.9 Å². The van der Waals surface area contributed by atoms with Crippen molar-refractivity contribution in [3.63, 3.8) is 0 Å². The fourth-order valence-corrected chi connectivity index (χ4v) is 2.99. The van der Waals surface area contributed by atoms with Gasteiger partial charge in [0.15, 0.2) is 0 Å². The average Bonchev–Trinajstić information content (AvgIpc) is 3.05. The third-order valence-corrected chi connectivity index (χ3v) is 3.97. The van der Waals surface area contributed by atoms with Crippen molar-refractivity contribution >= 4 is 33.4 Å². The van der Waals surface area contributed by atoms with E-state index in [1.807, 2.05) is 6.07 Å². The van der Waals surface area contributed by atoms with Crippen LogP contribution in [0.15, 0.2) is 22.8 Å². The van der Waals surface area contributed by atoms with E-state index >= 15 is 0 Å². The maximum absolute atomic E-state index is 11.8. The molecule has 1 aliphatic rings. The standard InChI is InChI=1S/C12H10BrN3O2S/c13-9-3-7-1-2-18-11(7)8(4-9)5-14-12(17)10-6-15-16-19-10/h3-4,6H,1-2,5H2,(H,14,17). The smallest absolute Gasteiger partial charge is 0.264 e. The van der Waals surface area contributed by atoms with Gasteiger partial charge < -0.3 is 10.1 Å². The normalized spacial score (nSPS) is 12.9. The zero-order valence-corrected chi connectivity index (χ0v) is 12.3. The number of nitrogens with one attached hydrogen (secondary N) is 1. The van der Waals surface area contributed by atoms with Gasteiger partial charge in [0.1, 0.15) is 10.6 Å². The number of carbonyl (C=O) groups is 1. The summed E-state index contributed by atoms with van der Waals surface area (Å²) in [5, 5.41) is 6.49. The van der Waals surface area contributed by atoms with E-state index in [0.29, 0.717) is 18.0 Å². The molecule has 0 fully saturated rings. The Bertz CT molecular complexity index is 616. The van der Waals surface area contributed by atoms with Gasteiger partial charge in [0.2, 0.25) is 0 Å². The van der Waals surface area contributed by atoms with Crippen LogP contribution in [0.25, 0.3) is 0 Å². The van der Waals surface area contributed by atoms with Gasteiger partial charge >= 0.3 is 0 Å². The van der Waals surface area contributed by atoms with E-state index in [4.69, 9.17) is 4.74 Å². The molecule has 19 heavy (non-hydrogen) atoms. The van der Waals surface area contributed by atoms with Crippen LogP contribution >= 0.6 is 27.5 Å². The van der Waals surface area contributed by atoms with Gasteiger partial charge in [-0.25, -0.2) is 0 Å². The topological polar surface area (TPSA) is 64.1 Å². The van der Waals surface area contributed by atoms with E-state index in [1.54, 1.807) is 0 Å². The first kappa shape index (κ1) is 12.6. The molecule has 0 radical (unpaired) electrons. The number of carbonyl (C=O) groups excluding carboxylic acids is 1. The highest BCUT2D eigenvalue weighted by Gasteiger charge is 2.18. The number of nitrogens with zero attached hydrogens (tertiary/aromatic N) is 2. The lowest BCUT2D eigenvalue weighted by molar-refractivity contribution is 0.0954. The lowest BCUT2D eigenvalue weighted by Gasteiger charge is -2.09. The SMILES string of the molecule is O=C(NCc1cc(Br)cc2c1OCC2)c1cnns1. The molecular formula is C12H10BrN3O2S. The highest BCUT2D eigenvalue weighted by Crippen LogP contribution is 2.32. The van der Waals surface area contributed by atoms with E-state index in [0.717, 1.165) is 33.7 Å². The molecule has 0 unspecified atom stereocenters. The molecule has 2 aromatic rings. The van der Waals surface area contributed by atoms with E-state index in [1.165, 1.54) is 11.8 Å². The monoisotopic (exact) mass is 339 g/mol. The molecule has 0 atom stereocenters. The Morgan fingerprint density at radius 3 is 3.21 bits per heavy atom. The summed E-state index contributed by atoms with van der Waals surface area (Å²) in [5.74, 6) is 0.729. The average molecular weight is 340 g/mol. The molecule has 5 nitrogen and oxygen atoms in total. The highest BCUT2D eigenvalue weighted by molar-refractivity contribution is 9.10. The molecule has 1 aromatic heterocycles. The van der Waals surface area contributed by atoms with Gasteiger partial charge in [-0.05, 0) is 29.2 Å². The first-order valence-electron chi connectivity index (χ1n) is 5.73. The number of amides is 1. The van der Waals surface area contributed by atoms with Crippen molar-refractivity contribution in [2.24, 2.45) is 0 Å². The maximum Gasteiger partial charge on any atom is 0.264 e. The maximum atomic E-state index is 11.8. The third kappa shape index (κ3) is 2.62. The van der Waals surface area contributed by atoms with Crippen molar-refractivity contribution < 1.29 is 9.53 Å². The number of hydrogen-bond donors (Lipinski definition) is 1. The summed E-state index contributed by atoms with van der Waals surface area (Å²) in [6, 6.07) is 4.02. The largest absolute Gasteiger partial charge is 0.493 e. The van der Waals surface area contributed by atoms with Crippen molar-refractivity contribution in [3.05, 3.63) is 38.8 Å². The lowest BCUT2D eigenvalue weighted by Crippen LogP contribution is -2.22. The van der Waals surface area contributed by atoms with Crippen molar-refractivity contribution in [3.8, 4) is 5.75 Å². The van der Waals surface area contributed by atoms with E-state index in [9.17, 15) is 4.79 Å². The molecular weight excluding hydrogens is 330 g/mol. The van der Waals surface area contributed by atoms with Gasteiger partial charge in [0, 0.05) is 23.0 Å². The van der Waals surface area contributed by atoms with Gasteiger partial charge in [-0.15, -0.1) is 5.10 Å². The summed E-state index contributed by atoms with van der Waals surface area (Å²) in [4.78, 5) is 12.3. The Balaban J connectivity index is 1.76. The second-order valence-electron chi connectivity index (χ2n) is 4.12. The molecule has 2 heterocycles. The Kier molecular flexibility index (Phi) is 3.48. The molecule has 1 N–H and O–H groups in total. The van der Waals surface area contributed by atoms with Crippen LogP contribution in [0.1, 0.15) is 20.8 Å². The summed E-state index contributed by atoms with van der Waals surface area (Å²) < 4.78 is 10.3. The number of benzene rings is 1. The highest BCUT2D eigenvalue weighted by atomic mass is 79.9. The molecule has 7 heteroatoms. The first-order chi connectivity index (χ1) is 9.24. The Morgan fingerprint density at radius 2 is 2.42 bits per heavy atom. The minimum atomic E-state index is -0.165. The van der Waals surface area contributed by atoms with Crippen LogP contribution < -0.4 is 10.1 Å². The number of aromatic nitrogens is 2. The summed E-state index contributed by atoms with van der Waals surface area (Å²) in [5.41, 5.74) is 2.16. The molecule has 0 bridgehead atoms. The summed E-state index contributed by atoms with van der Waals surface area (Å²) in [6.45, 7) is 1.13. The number of halogens is 1. The quantitative estimate of drug-likeness (QED) is 0.930.